The third-order valence-electron chi connectivity index (χ3n) is 7.52. The Balaban J connectivity index is 0.000000313. The molecule has 0 aliphatic carbocycles. The molecular weight excluding hydrogens is 994 g/mol. The highest BCUT2D eigenvalue weighted by Gasteiger charge is 2.39. The minimum Gasteiger partial charge on any atom is -0.493 e. The minimum absolute atomic E-state index is 0.0460. The Morgan fingerprint density at radius 2 is 1.06 bits per heavy atom. The lowest BCUT2D eigenvalue weighted by Gasteiger charge is -2.18. The smallest absolute Gasteiger partial charge is 0.493 e. The van der Waals surface area contributed by atoms with Gasteiger partial charge in [-0.3, -0.25) is 9.59 Å². The molecule has 0 bridgehead atoms. The lowest BCUT2D eigenvalue weighted by molar-refractivity contribution is -0.275. The van der Waals surface area contributed by atoms with Crippen LogP contribution in [-0.2, 0) is 12.4 Å². The van der Waals surface area contributed by atoms with E-state index in [-0.39, 0.29) is 22.4 Å². The zero-order valence-electron chi connectivity index (χ0n) is 36.7. The van der Waals surface area contributed by atoms with E-state index in [1.54, 1.807) is 0 Å². The predicted octanol–water partition coefficient (Wildman–Crippen LogP) is 13.2. The van der Waals surface area contributed by atoms with Crippen molar-refractivity contribution in [1.82, 2.24) is 4.98 Å². The van der Waals surface area contributed by atoms with Crippen LogP contribution in [0, 0.1) is 18.6 Å². The fraction of sp³-hybridized carbons (Fsp3) is 0.184. The summed E-state index contributed by atoms with van der Waals surface area (Å²) in [6.45, 7) is 1.50. The molecule has 10 nitrogen and oxygen atoms in total. The lowest BCUT2D eigenvalue weighted by Crippen LogP contribution is -2.19. The number of amides is 1. The van der Waals surface area contributed by atoms with E-state index in [9.17, 15) is 66.7 Å². The molecule has 5 aromatic rings. The van der Waals surface area contributed by atoms with Crippen LogP contribution in [-0.4, -0.2) is 42.9 Å². The number of alkyl halides is 12. The molecule has 0 radical (unpaired) electrons. The second kappa shape index (κ2) is 19.7. The molecule has 5 rings (SSSR count). The minimum atomic E-state index is -5.22. The molecule has 0 saturated carbocycles. The number of aryl methyl sites for hydroxylation is 1. The van der Waals surface area contributed by atoms with Gasteiger partial charge in [0.05, 0.1) is 33.4 Å². The van der Waals surface area contributed by atoms with E-state index < -0.39 is 130 Å². The van der Waals surface area contributed by atoms with Gasteiger partial charge in [-0.2, -0.15) is 26.3 Å². The number of nitrogens with zero attached hydrogens (tertiary/aromatic N) is 1. The fourth-order valence-corrected chi connectivity index (χ4v) is 5.38. The van der Waals surface area contributed by atoms with Crippen LogP contribution in [0.4, 0.5) is 67.2 Å². The zero-order chi connectivity index (χ0) is 53.1. The number of halogens is 16. The number of rotatable bonds is 11. The normalized spacial score (nSPS) is 13.6. The van der Waals surface area contributed by atoms with Crippen molar-refractivity contribution < 1.29 is 108 Å². The SMILES string of the molecule is [2H]C([2H])([2H])Oc1cc(OC(F)(F)F)ccc1Oc1ccc(C(F)(F)F)c(F)c1C(=O)Cl.[2H]C([2H])([2H])Oc1cc(OC(F)(F)F)ccc1Oc1ccc(C(F)(F)F)c(F)c1C(=O)Nc1cc(Br)ncc1C. The van der Waals surface area contributed by atoms with Gasteiger partial charge in [-0.1, -0.05) is 0 Å². The molecule has 1 aromatic heterocycles. The van der Waals surface area contributed by atoms with E-state index >= 15 is 4.39 Å². The molecule has 26 heteroatoms. The molecule has 64 heavy (non-hydrogen) atoms. The molecule has 0 fully saturated rings. The summed E-state index contributed by atoms with van der Waals surface area (Å²) in [4.78, 5) is 28.4. The number of pyridine rings is 1. The highest BCUT2D eigenvalue weighted by molar-refractivity contribution is 9.10. The molecule has 1 N–H and O–H groups in total. The topological polar surface area (TPSA) is 114 Å². The van der Waals surface area contributed by atoms with Gasteiger partial charge in [-0.05, 0) is 94.6 Å². The van der Waals surface area contributed by atoms with Gasteiger partial charge in [0.1, 0.15) is 38.7 Å². The summed E-state index contributed by atoms with van der Waals surface area (Å²) in [5, 5.41) is 0.552. The second-order valence-electron chi connectivity index (χ2n) is 11.9. The Morgan fingerprint density at radius 1 is 0.641 bits per heavy atom. The number of carbonyl (C=O) groups excluding carboxylic acids is 2. The van der Waals surface area contributed by atoms with Crippen LogP contribution >= 0.6 is 27.5 Å². The summed E-state index contributed by atoms with van der Waals surface area (Å²) in [7, 11) is -6.43. The number of aromatic nitrogens is 1. The largest absolute Gasteiger partial charge is 0.573 e. The number of hydrogen-bond donors (Lipinski definition) is 1. The average Bonchev–Trinajstić information content (AvgIpc) is 3.15. The van der Waals surface area contributed by atoms with Crippen LogP contribution in [0.25, 0.3) is 0 Å². The van der Waals surface area contributed by atoms with E-state index in [2.05, 4.69) is 45.2 Å². The van der Waals surface area contributed by atoms with Gasteiger partial charge in [-0.25, -0.2) is 13.8 Å². The van der Waals surface area contributed by atoms with Crippen molar-refractivity contribution in [2.45, 2.75) is 32.0 Å². The van der Waals surface area contributed by atoms with E-state index in [1.165, 1.54) is 19.2 Å². The third-order valence-corrected chi connectivity index (χ3v) is 8.14. The van der Waals surface area contributed by atoms with Crippen LogP contribution in [0.1, 0.15) is 45.6 Å². The number of methoxy groups -OCH3 is 2. The first-order valence-electron chi connectivity index (χ1n) is 19.3. The van der Waals surface area contributed by atoms with Crippen molar-refractivity contribution in [2.24, 2.45) is 0 Å². The highest BCUT2D eigenvalue weighted by atomic mass is 79.9. The molecule has 0 spiro atoms. The van der Waals surface area contributed by atoms with Crippen LogP contribution in [0.15, 0.2) is 77.5 Å². The molecule has 344 valence electrons. The predicted molar refractivity (Wildman–Crippen MR) is 197 cm³/mol. The van der Waals surface area contributed by atoms with Gasteiger partial charge < -0.3 is 33.7 Å². The van der Waals surface area contributed by atoms with Crippen LogP contribution in [0.3, 0.4) is 0 Å². The molecule has 0 unspecified atom stereocenters. The van der Waals surface area contributed by atoms with Crippen molar-refractivity contribution in [2.75, 3.05) is 19.4 Å². The molecule has 0 saturated heterocycles. The Kier molecular flexibility index (Phi) is 12.8. The summed E-state index contributed by atoms with van der Waals surface area (Å²) in [5.74, 6) is -12.2. The summed E-state index contributed by atoms with van der Waals surface area (Å²) in [6, 6.07) is 6.55. The number of nitrogens with one attached hydrogen (secondary N) is 1. The number of carbonyl (C=O) groups is 2. The van der Waals surface area contributed by atoms with Crippen molar-refractivity contribution in [1.29, 1.82) is 0 Å². The van der Waals surface area contributed by atoms with E-state index in [0.29, 0.717) is 48.0 Å². The first kappa shape index (κ1) is 41.8. The van der Waals surface area contributed by atoms with Gasteiger partial charge in [0.15, 0.2) is 34.6 Å². The molecule has 0 atom stereocenters. The third kappa shape index (κ3) is 13.2. The Morgan fingerprint density at radius 3 is 1.47 bits per heavy atom. The maximum atomic E-state index is 15.1. The average molecular weight is 1020 g/mol. The van der Waals surface area contributed by atoms with Gasteiger partial charge in [0.25, 0.3) is 11.1 Å². The van der Waals surface area contributed by atoms with Gasteiger partial charge in [0, 0.05) is 24.0 Å². The second-order valence-corrected chi connectivity index (χ2v) is 13.0. The summed E-state index contributed by atoms with van der Waals surface area (Å²) >= 11 is 8.21. The number of anilines is 1. The first-order valence-corrected chi connectivity index (χ1v) is 17.4. The van der Waals surface area contributed by atoms with Crippen molar-refractivity contribution in [3.05, 3.63) is 117 Å². The molecule has 4 aromatic carbocycles. The van der Waals surface area contributed by atoms with Crippen molar-refractivity contribution >= 4 is 44.4 Å². The number of hydrogen-bond acceptors (Lipinski definition) is 9. The van der Waals surface area contributed by atoms with Crippen LogP contribution in [0.5, 0.6) is 46.0 Å². The van der Waals surface area contributed by atoms with Gasteiger partial charge >= 0.3 is 25.1 Å². The quantitative estimate of drug-likeness (QED) is 0.0785. The zero-order valence-corrected chi connectivity index (χ0v) is 33.0. The van der Waals surface area contributed by atoms with Crippen LogP contribution in [0.2, 0.25) is 0 Å². The van der Waals surface area contributed by atoms with Gasteiger partial charge in [-0.15, -0.1) is 26.3 Å². The van der Waals surface area contributed by atoms with E-state index in [1.807, 2.05) is 0 Å². The number of ether oxygens (including phenoxy) is 6. The molecule has 0 aliphatic heterocycles. The summed E-state index contributed by atoms with van der Waals surface area (Å²) in [6.07, 6.45) is -19.4. The fourth-order valence-electron chi connectivity index (χ4n) is 4.87. The maximum Gasteiger partial charge on any atom is 0.573 e. The highest BCUT2D eigenvalue weighted by Crippen LogP contribution is 2.43. The maximum absolute atomic E-state index is 15.1. The Bertz CT molecular complexity index is 2760. The summed E-state index contributed by atoms with van der Waals surface area (Å²) in [5.41, 5.74) is -5.84. The molecule has 1 amide bonds. The van der Waals surface area contributed by atoms with Gasteiger partial charge in [0.2, 0.25) is 0 Å². The Hall–Kier alpha value is -6.24. The standard InChI is InChI=1S/C22H14BrF7N2O4.C16H8ClF7O4/c1-10-9-31-17(23)8-13(10)32-20(33)18-15(6-4-12(19(18)24)21(25,26)27)35-14-5-3-11(7-16(14)34-2)36-22(28,29)30;1-26-11-6-7(28-16(22,23)24)2-4-9(11)27-10-5-3-8(15(19,20)21)13(18)12(10)14(17)25/h3-9H,1-2H3,(H,31,32,33);2-6H,1H3/i2D3;1D3. The monoisotopic (exact) mass is 1020 g/mol. The lowest BCUT2D eigenvalue weighted by atomic mass is 10.1. The Labute approximate surface area is 371 Å². The molecule has 1 heterocycles. The van der Waals surface area contributed by atoms with E-state index in [4.69, 9.17) is 29.3 Å². The summed E-state index contributed by atoms with van der Waals surface area (Å²) < 4.78 is 253. The first-order chi connectivity index (χ1) is 31.8. The van der Waals surface area contributed by atoms with Crippen LogP contribution < -0.4 is 33.7 Å². The van der Waals surface area contributed by atoms with Crippen molar-refractivity contribution in [3.63, 3.8) is 0 Å². The molecule has 0 aliphatic rings. The molecular formula is C38H22BrClF14N2O8. The van der Waals surface area contributed by atoms with Crippen molar-refractivity contribution in [3.8, 4) is 46.0 Å². The van der Waals surface area contributed by atoms with E-state index in [0.717, 1.165) is 6.07 Å². The number of benzene rings is 4.